The number of halogens is 4. The van der Waals surface area contributed by atoms with E-state index in [1.165, 1.54) is 58.6 Å². The number of carbonyl (C=O) groups is 1. The number of ether oxygens (including phenoxy) is 4. The number of carbonyl (C=O) groups excluding carboxylic acids is 1. The minimum absolute atomic E-state index is 0.0635. The standard InChI is InChI=1S/C26H22ClF3N2O6S/c1-5-38-24(34)19-20(14-6-8-15(27)9-7-14)32-23(33)18(39-25(32)31-22(19)26(28,29)30)12-13-10-16(35-2)21(37-4)17(11-13)36-3/h6-12,20H,5H2,1-4H3/b18-12+. The molecule has 0 radical (unpaired) electrons. The van der Waals surface area contributed by atoms with Crippen LogP contribution in [-0.2, 0) is 9.53 Å². The van der Waals surface area contributed by atoms with Crippen LogP contribution in [0.5, 0.6) is 17.2 Å². The van der Waals surface area contributed by atoms with Crippen LogP contribution in [-0.4, -0.2) is 44.6 Å². The zero-order valence-corrected chi connectivity index (χ0v) is 22.7. The van der Waals surface area contributed by atoms with Gasteiger partial charge in [-0.3, -0.25) is 9.36 Å². The van der Waals surface area contributed by atoms with Gasteiger partial charge in [0.15, 0.2) is 22.0 Å². The third-order valence-corrected chi connectivity index (χ3v) is 7.00. The minimum atomic E-state index is -5.00. The van der Waals surface area contributed by atoms with Gasteiger partial charge < -0.3 is 18.9 Å². The first-order chi connectivity index (χ1) is 18.5. The molecule has 13 heteroatoms. The number of hydrogen-bond acceptors (Lipinski definition) is 8. The molecule has 206 valence electrons. The smallest absolute Gasteiger partial charge is 0.434 e. The summed E-state index contributed by atoms with van der Waals surface area (Å²) in [5.41, 5.74) is -2.20. The molecule has 0 N–H and O–H groups in total. The highest BCUT2D eigenvalue weighted by Gasteiger charge is 2.45. The second-order valence-electron chi connectivity index (χ2n) is 8.07. The van der Waals surface area contributed by atoms with Crippen LogP contribution in [0.15, 0.2) is 57.5 Å². The fraction of sp³-hybridized carbons (Fsp3) is 0.269. The molecule has 2 heterocycles. The van der Waals surface area contributed by atoms with E-state index in [4.69, 9.17) is 30.5 Å². The van der Waals surface area contributed by atoms with Gasteiger partial charge in [0.25, 0.3) is 5.56 Å². The van der Waals surface area contributed by atoms with E-state index < -0.39 is 35.0 Å². The molecule has 0 saturated carbocycles. The first kappa shape index (κ1) is 28.2. The molecule has 0 spiro atoms. The van der Waals surface area contributed by atoms with Crippen LogP contribution in [0, 0.1) is 0 Å². The van der Waals surface area contributed by atoms with E-state index in [1.54, 1.807) is 12.1 Å². The van der Waals surface area contributed by atoms with Gasteiger partial charge in [-0.2, -0.15) is 13.2 Å². The quantitative estimate of drug-likeness (QED) is 0.391. The van der Waals surface area contributed by atoms with E-state index in [0.29, 0.717) is 27.8 Å². The summed E-state index contributed by atoms with van der Waals surface area (Å²) < 4.78 is 64.8. The van der Waals surface area contributed by atoms with Crippen molar-refractivity contribution in [2.75, 3.05) is 27.9 Å². The van der Waals surface area contributed by atoms with Crippen molar-refractivity contribution >= 4 is 35.0 Å². The second kappa shape index (κ2) is 11.1. The van der Waals surface area contributed by atoms with Crippen molar-refractivity contribution in [2.24, 2.45) is 4.99 Å². The summed E-state index contributed by atoms with van der Waals surface area (Å²) in [4.78, 5) is 30.1. The van der Waals surface area contributed by atoms with Gasteiger partial charge in [-0.15, -0.1) is 0 Å². The third kappa shape index (κ3) is 5.39. The van der Waals surface area contributed by atoms with Gasteiger partial charge in [0, 0.05) is 5.02 Å². The molecule has 0 fully saturated rings. The predicted molar refractivity (Wildman–Crippen MR) is 138 cm³/mol. The van der Waals surface area contributed by atoms with Crippen LogP contribution < -0.4 is 29.1 Å². The second-order valence-corrected chi connectivity index (χ2v) is 9.52. The molecule has 8 nitrogen and oxygen atoms in total. The lowest BCUT2D eigenvalue weighted by Gasteiger charge is -2.26. The molecule has 1 aliphatic rings. The van der Waals surface area contributed by atoms with Gasteiger partial charge in [0.05, 0.1) is 44.1 Å². The Morgan fingerprint density at radius 3 is 2.23 bits per heavy atom. The molecule has 0 bridgehead atoms. The summed E-state index contributed by atoms with van der Waals surface area (Å²) in [5, 5.41) is 0.325. The average Bonchev–Trinajstić information content (AvgIpc) is 3.21. The monoisotopic (exact) mass is 582 g/mol. The van der Waals surface area contributed by atoms with Gasteiger partial charge in [-0.1, -0.05) is 35.1 Å². The summed E-state index contributed by atoms with van der Waals surface area (Å²) >= 11 is 6.74. The Morgan fingerprint density at radius 2 is 1.72 bits per heavy atom. The Bertz CT molecular complexity index is 1600. The Morgan fingerprint density at radius 1 is 1.10 bits per heavy atom. The Balaban J connectivity index is 2.03. The molecular weight excluding hydrogens is 561 g/mol. The van der Waals surface area contributed by atoms with E-state index in [2.05, 4.69) is 4.99 Å². The molecule has 2 aromatic carbocycles. The maximum atomic E-state index is 14.2. The molecule has 4 rings (SSSR count). The van der Waals surface area contributed by atoms with Crippen LogP contribution in [0.3, 0.4) is 0 Å². The maximum absolute atomic E-state index is 14.2. The van der Waals surface area contributed by atoms with Crippen molar-refractivity contribution in [1.82, 2.24) is 4.57 Å². The molecule has 39 heavy (non-hydrogen) atoms. The SMILES string of the molecule is CCOC(=O)C1=C(C(F)(F)F)N=c2s/c(=C/c3cc(OC)c(OC)c(OC)c3)c(=O)n2C1c1ccc(Cl)cc1. The fourth-order valence-corrected chi connectivity index (χ4v) is 5.26. The number of thiazole rings is 1. The predicted octanol–water partition coefficient (Wildman–Crippen LogP) is 4.02. The summed E-state index contributed by atoms with van der Waals surface area (Å²) in [7, 11) is 4.29. The molecular formula is C26H22ClF3N2O6S. The van der Waals surface area contributed by atoms with Crippen LogP contribution in [0.2, 0.25) is 5.02 Å². The lowest BCUT2D eigenvalue weighted by atomic mass is 9.95. The number of nitrogens with zero attached hydrogens (tertiary/aromatic N) is 2. The zero-order chi connectivity index (χ0) is 28.5. The lowest BCUT2D eigenvalue weighted by molar-refractivity contribution is -0.140. The molecule has 1 aromatic heterocycles. The summed E-state index contributed by atoms with van der Waals surface area (Å²) in [6.07, 6.45) is -3.53. The van der Waals surface area contributed by atoms with Crippen molar-refractivity contribution in [3.05, 3.63) is 83.5 Å². The van der Waals surface area contributed by atoms with Crippen molar-refractivity contribution in [1.29, 1.82) is 0 Å². The largest absolute Gasteiger partial charge is 0.493 e. The number of benzene rings is 2. The van der Waals surface area contributed by atoms with Gasteiger partial charge >= 0.3 is 12.1 Å². The van der Waals surface area contributed by atoms with Crippen LogP contribution in [0.25, 0.3) is 6.08 Å². The minimum Gasteiger partial charge on any atom is -0.493 e. The number of allylic oxidation sites excluding steroid dienone is 1. The highest BCUT2D eigenvalue weighted by molar-refractivity contribution is 7.07. The zero-order valence-electron chi connectivity index (χ0n) is 21.1. The van der Waals surface area contributed by atoms with Gasteiger partial charge in [-0.25, -0.2) is 9.79 Å². The number of aromatic nitrogens is 1. The number of hydrogen-bond donors (Lipinski definition) is 0. The lowest BCUT2D eigenvalue weighted by Crippen LogP contribution is -2.41. The van der Waals surface area contributed by atoms with Gasteiger partial charge in [-0.05, 0) is 48.4 Å². The number of fused-ring (bicyclic) bond motifs is 1. The highest BCUT2D eigenvalue weighted by Crippen LogP contribution is 2.39. The first-order valence-electron chi connectivity index (χ1n) is 11.4. The van der Waals surface area contributed by atoms with Gasteiger partial charge in [0.2, 0.25) is 5.75 Å². The number of rotatable bonds is 7. The topological polar surface area (TPSA) is 88.4 Å². The van der Waals surface area contributed by atoms with Crippen LogP contribution >= 0.6 is 22.9 Å². The third-order valence-electron chi connectivity index (χ3n) is 5.77. The fourth-order valence-electron chi connectivity index (χ4n) is 4.14. The maximum Gasteiger partial charge on any atom is 0.434 e. The van der Waals surface area contributed by atoms with Crippen molar-refractivity contribution in [3.8, 4) is 17.2 Å². The molecule has 0 amide bonds. The van der Waals surface area contributed by atoms with Crippen LogP contribution in [0.1, 0.15) is 24.1 Å². The molecule has 1 atom stereocenters. The number of esters is 1. The van der Waals surface area contributed by atoms with Gasteiger partial charge in [0.1, 0.15) is 0 Å². The number of methoxy groups -OCH3 is 3. The van der Waals surface area contributed by atoms with Crippen molar-refractivity contribution in [3.63, 3.8) is 0 Å². The molecule has 3 aromatic rings. The highest BCUT2D eigenvalue weighted by atomic mass is 35.5. The van der Waals surface area contributed by atoms with E-state index >= 15 is 0 Å². The Labute approximate surface area is 229 Å². The Hall–Kier alpha value is -3.77. The van der Waals surface area contributed by atoms with Crippen LogP contribution in [0.4, 0.5) is 13.2 Å². The molecule has 1 aliphatic heterocycles. The van der Waals surface area contributed by atoms with E-state index in [-0.39, 0.29) is 21.5 Å². The number of alkyl halides is 3. The summed E-state index contributed by atoms with van der Waals surface area (Å²) in [6, 6.07) is 7.51. The first-order valence-corrected chi connectivity index (χ1v) is 12.6. The molecule has 1 unspecified atom stereocenters. The van der Waals surface area contributed by atoms with E-state index in [9.17, 15) is 22.8 Å². The van der Waals surface area contributed by atoms with E-state index in [0.717, 1.165) is 15.9 Å². The molecule has 0 aliphatic carbocycles. The normalized spacial score (nSPS) is 15.5. The average molecular weight is 583 g/mol. The van der Waals surface area contributed by atoms with Crippen molar-refractivity contribution in [2.45, 2.75) is 19.1 Å². The molecule has 0 saturated heterocycles. The van der Waals surface area contributed by atoms with E-state index in [1.807, 2.05) is 0 Å². The van der Waals surface area contributed by atoms with Crippen molar-refractivity contribution < 1.29 is 36.9 Å². The summed E-state index contributed by atoms with van der Waals surface area (Å²) in [6.45, 7) is 1.29. The Kier molecular flexibility index (Phi) is 8.07. The summed E-state index contributed by atoms with van der Waals surface area (Å²) in [5.74, 6) is -0.263.